The molecule has 11 heteroatoms. The number of aromatic nitrogens is 1. The number of nitriles is 1. The lowest BCUT2D eigenvalue weighted by Crippen LogP contribution is -2.40. The van der Waals surface area contributed by atoms with Crippen molar-refractivity contribution < 1.29 is 23.7 Å². The van der Waals surface area contributed by atoms with Crippen LogP contribution in [0.4, 0.5) is 5.69 Å². The number of nitrogens with two attached hydrogens (primary N) is 1. The zero-order valence-corrected chi connectivity index (χ0v) is 24.7. The molecule has 0 radical (unpaired) electrons. The number of fused-ring (bicyclic) bond motifs is 1. The minimum Gasteiger partial charge on any atom is -0.493 e. The number of para-hydroxylation sites is 3. The Morgan fingerprint density at radius 1 is 0.930 bits per heavy atom. The molecule has 0 saturated heterocycles. The monoisotopic (exact) mass is 596 g/mol. The highest BCUT2D eigenvalue weighted by Crippen LogP contribution is 2.44. The molecule has 1 aromatic heterocycles. The summed E-state index contributed by atoms with van der Waals surface area (Å²) in [6.45, 7) is 0. The molecule has 0 spiro atoms. The van der Waals surface area contributed by atoms with Gasteiger partial charge in [0.1, 0.15) is 10.5 Å². The number of methoxy groups -OCH3 is 4. The van der Waals surface area contributed by atoms with Crippen LogP contribution in [0.5, 0.6) is 23.0 Å². The Hall–Kier alpha value is -5.47. The summed E-state index contributed by atoms with van der Waals surface area (Å²) in [5.41, 5.74) is 7.85. The van der Waals surface area contributed by atoms with Gasteiger partial charge in [-0.15, -0.1) is 11.3 Å². The second kappa shape index (κ2) is 12.2. The molecule has 1 unspecified atom stereocenters. The lowest BCUT2D eigenvalue weighted by Gasteiger charge is -2.27. The summed E-state index contributed by atoms with van der Waals surface area (Å²) >= 11 is 1.08. The van der Waals surface area contributed by atoms with Crippen LogP contribution in [0, 0.1) is 11.3 Å². The minimum absolute atomic E-state index is 0.0164. The fraction of sp³-hybridized carbons (Fsp3) is 0.156. The second-order valence-corrected chi connectivity index (χ2v) is 10.3. The number of anilines is 1. The highest BCUT2D eigenvalue weighted by Gasteiger charge is 2.37. The Bertz CT molecular complexity index is 1970. The van der Waals surface area contributed by atoms with E-state index in [1.54, 1.807) is 66.7 Å². The number of nitrogens with one attached hydrogen (secondary N) is 1. The molecule has 1 aliphatic heterocycles. The highest BCUT2D eigenvalue weighted by atomic mass is 32.1. The van der Waals surface area contributed by atoms with Crippen LogP contribution in [-0.2, 0) is 4.79 Å². The van der Waals surface area contributed by atoms with Gasteiger partial charge in [0.2, 0.25) is 0 Å². The van der Waals surface area contributed by atoms with E-state index in [1.165, 1.54) is 33.0 Å². The third kappa shape index (κ3) is 5.09. The average Bonchev–Trinajstić information content (AvgIpc) is 3.35. The van der Waals surface area contributed by atoms with Crippen molar-refractivity contribution in [3.05, 3.63) is 103 Å². The number of carbonyl (C=O) groups is 1. The number of amides is 1. The molecule has 43 heavy (non-hydrogen) atoms. The van der Waals surface area contributed by atoms with Crippen LogP contribution in [0.2, 0.25) is 0 Å². The van der Waals surface area contributed by atoms with E-state index in [2.05, 4.69) is 11.4 Å². The SMILES string of the molecule is COc1cccc(/C=c2\sc3n(c2=O)C(N)=C(C#N)C(c2cccc(OC)c2OC)C=3C(=O)Nc2ccccc2)c1OC. The molecule has 10 nitrogen and oxygen atoms in total. The van der Waals surface area contributed by atoms with E-state index >= 15 is 0 Å². The summed E-state index contributed by atoms with van der Waals surface area (Å²) < 4.78 is 23.9. The van der Waals surface area contributed by atoms with Crippen LogP contribution in [-0.4, -0.2) is 38.9 Å². The molecule has 1 aliphatic rings. The first-order chi connectivity index (χ1) is 20.9. The molecule has 3 aromatic carbocycles. The van der Waals surface area contributed by atoms with E-state index in [1.807, 2.05) is 6.07 Å². The van der Waals surface area contributed by atoms with Crippen LogP contribution < -0.4 is 44.8 Å². The van der Waals surface area contributed by atoms with E-state index in [0.717, 1.165) is 11.3 Å². The summed E-state index contributed by atoms with van der Waals surface area (Å²) in [4.78, 5) is 28.0. The first-order valence-electron chi connectivity index (χ1n) is 13.0. The fourth-order valence-electron chi connectivity index (χ4n) is 5.10. The third-order valence-electron chi connectivity index (χ3n) is 7.01. The van der Waals surface area contributed by atoms with Gasteiger partial charge in [0.05, 0.1) is 56.1 Å². The predicted octanol–water partition coefficient (Wildman–Crippen LogP) is 3.01. The van der Waals surface area contributed by atoms with Crippen LogP contribution >= 0.6 is 11.3 Å². The molecule has 4 aromatic rings. The van der Waals surface area contributed by atoms with Crippen LogP contribution in [0.3, 0.4) is 0 Å². The average molecular weight is 597 g/mol. The second-order valence-electron chi connectivity index (χ2n) is 9.30. The summed E-state index contributed by atoms with van der Waals surface area (Å²) in [6, 6.07) is 21.5. The Kier molecular flexibility index (Phi) is 8.23. The molecule has 218 valence electrons. The van der Waals surface area contributed by atoms with Crippen molar-refractivity contribution in [2.24, 2.45) is 5.73 Å². The van der Waals surface area contributed by atoms with E-state index in [4.69, 9.17) is 24.7 Å². The maximum absolute atomic E-state index is 14.2. The van der Waals surface area contributed by atoms with Crippen molar-refractivity contribution in [2.75, 3.05) is 33.8 Å². The van der Waals surface area contributed by atoms with Crippen molar-refractivity contribution >= 4 is 40.4 Å². The van der Waals surface area contributed by atoms with Crippen molar-refractivity contribution in [3.8, 4) is 29.1 Å². The normalized spacial score (nSPS) is 14.5. The van der Waals surface area contributed by atoms with Crippen molar-refractivity contribution in [1.29, 1.82) is 5.26 Å². The summed E-state index contributed by atoms with van der Waals surface area (Å²) in [7, 11) is 6.00. The summed E-state index contributed by atoms with van der Waals surface area (Å²) in [6.07, 6.45) is 1.65. The molecule has 0 fully saturated rings. The number of hydrogen-bond acceptors (Lipinski definition) is 9. The Morgan fingerprint density at radius 3 is 2.21 bits per heavy atom. The van der Waals surface area contributed by atoms with Gasteiger partial charge in [0, 0.05) is 16.8 Å². The van der Waals surface area contributed by atoms with Gasteiger partial charge in [-0.1, -0.05) is 42.5 Å². The Morgan fingerprint density at radius 2 is 1.58 bits per heavy atom. The van der Waals surface area contributed by atoms with Gasteiger partial charge >= 0.3 is 0 Å². The molecular formula is C32H28N4O6S. The third-order valence-corrected chi connectivity index (χ3v) is 8.12. The first-order valence-corrected chi connectivity index (χ1v) is 13.9. The van der Waals surface area contributed by atoms with Gasteiger partial charge < -0.3 is 30.0 Å². The van der Waals surface area contributed by atoms with Crippen molar-refractivity contribution in [1.82, 2.24) is 4.57 Å². The van der Waals surface area contributed by atoms with Crippen molar-refractivity contribution in [3.63, 3.8) is 0 Å². The topological polar surface area (TPSA) is 138 Å². The van der Waals surface area contributed by atoms with Gasteiger partial charge in [0.25, 0.3) is 11.5 Å². The van der Waals surface area contributed by atoms with Gasteiger partial charge in [-0.3, -0.25) is 14.2 Å². The Labute approximate surface area is 251 Å². The molecule has 3 N–H and O–H groups in total. The molecule has 2 heterocycles. The van der Waals surface area contributed by atoms with Crippen molar-refractivity contribution in [2.45, 2.75) is 5.92 Å². The minimum atomic E-state index is -0.976. The Balaban J connectivity index is 1.87. The molecular weight excluding hydrogens is 568 g/mol. The molecule has 0 saturated carbocycles. The maximum Gasteiger partial charge on any atom is 0.274 e. The fourth-order valence-corrected chi connectivity index (χ4v) is 6.27. The highest BCUT2D eigenvalue weighted by molar-refractivity contribution is 7.07. The molecule has 0 bridgehead atoms. The van der Waals surface area contributed by atoms with E-state index in [-0.39, 0.29) is 26.2 Å². The standard InChI is InChI=1S/C32H28N4O6S/c1-39-22-14-8-10-18(27(22)41-3)16-24-31(38)36-29(34)21(17-33)25(20-13-9-15-23(40-2)28(20)42-4)26(32(36)43-24)30(37)35-19-11-6-5-7-12-19/h5-16,25H,34H2,1-4H3,(H,35,37)/b24-16-. The predicted molar refractivity (Wildman–Crippen MR) is 165 cm³/mol. The van der Waals surface area contributed by atoms with Gasteiger partial charge in [-0.05, 0) is 30.3 Å². The van der Waals surface area contributed by atoms with Gasteiger partial charge in [-0.2, -0.15) is 5.26 Å². The first kappa shape index (κ1) is 29.0. The number of allylic oxidation sites excluding steroid dienone is 1. The largest absolute Gasteiger partial charge is 0.493 e. The van der Waals surface area contributed by atoms with Crippen LogP contribution in [0.1, 0.15) is 17.0 Å². The number of thiazole rings is 1. The zero-order valence-electron chi connectivity index (χ0n) is 23.8. The summed E-state index contributed by atoms with van der Waals surface area (Å²) in [5, 5.41) is 13.3. The number of rotatable bonds is 8. The lowest BCUT2D eigenvalue weighted by atomic mass is 9.82. The lowest BCUT2D eigenvalue weighted by molar-refractivity contribution is -0.111. The maximum atomic E-state index is 14.2. The number of benzene rings is 3. The smallest absolute Gasteiger partial charge is 0.274 e. The number of ether oxygens (including phenoxy) is 4. The van der Waals surface area contributed by atoms with Gasteiger partial charge in [0.15, 0.2) is 23.0 Å². The molecule has 1 atom stereocenters. The van der Waals surface area contributed by atoms with E-state index in [9.17, 15) is 14.9 Å². The molecule has 5 rings (SSSR count). The zero-order chi connectivity index (χ0) is 30.7. The van der Waals surface area contributed by atoms with Gasteiger partial charge in [-0.25, -0.2) is 0 Å². The number of carbonyl (C=O) groups excluding carboxylic acids is 1. The van der Waals surface area contributed by atoms with E-state index in [0.29, 0.717) is 39.8 Å². The molecule has 1 amide bonds. The quantitative estimate of drug-likeness (QED) is 0.317. The number of nitrogens with zero attached hydrogens (tertiary/aromatic N) is 2. The van der Waals surface area contributed by atoms with Crippen LogP contribution in [0.15, 0.2) is 77.1 Å². The van der Waals surface area contributed by atoms with E-state index < -0.39 is 17.4 Å². The van der Waals surface area contributed by atoms with Crippen LogP contribution in [0.25, 0.3) is 17.5 Å². The molecule has 0 aliphatic carbocycles. The number of hydrogen-bond donors (Lipinski definition) is 2. The summed E-state index contributed by atoms with van der Waals surface area (Å²) in [5.74, 6) is 0.100.